The topological polar surface area (TPSA) is 105 Å². The number of alkyl halides is 3. The van der Waals surface area contributed by atoms with E-state index in [4.69, 9.17) is 5.11 Å². The number of carboxylic acid groups (broad SMARTS) is 1. The third kappa shape index (κ3) is 4.44. The van der Waals surface area contributed by atoms with Crippen LogP contribution in [0.1, 0.15) is 41.9 Å². The first-order valence-electron chi connectivity index (χ1n) is 8.29. The van der Waals surface area contributed by atoms with Crippen molar-refractivity contribution in [3.63, 3.8) is 0 Å². The summed E-state index contributed by atoms with van der Waals surface area (Å²) in [5.74, 6) is -3.17. The fraction of sp³-hybridized carbons (Fsp3) is 0.412. The van der Waals surface area contributed by atoms with Gasteiger partial charge in [0, 0.05) is 17.2 Å². The lowest BCUT2D eigenvalue weighted by atomic mass is 9.86. The van der Waals surface area contributed by atoms with E-state index >= 15 is 0 Å². The van der Waals surface area contributed by atoms with Crippen LogP contribution in [0.15, 0.2) is 28.8 Å². The molecule has 1 aromatic heterocycles. The largest absolute Gasteiger partial charge is 0.481 e. The molecule has 1 aliphatic rings. The second-order valence-corrected chi connectivity index (χ2v) is 6.36. The van der Waals surface area contributed by atoms with Crippen molar-refractivity contribution >= 4 is 11.9 Å². The van der Waals surface area contributed by atoms with E-state index in [1.807, 2.05) is 0 Å². The second-order valence-electron chi connectivity index (χ2n) is 6.36. The van der Waals surface area contributed by atoms with Crippen molar-refractivity contribution in [1.82, 2.24) is 15.5 Å². The molecule has 1 heterocycles. The van der Waals surface area contributed by atoms with Gasteiger partial charge in [-0.05, 0) is 37.8 Å². The Bertz CT molecular complexity index is 825. The smallest absolute Gasteiger partial charge is 0.471 e. The van der Waals surface area contributed by atoms with Crippen LogP contribution < -0.4 is 5.32 Å². The Labute approximate surface area is 151 Å². The van der Waals surface area contributed by atoms with Crippen LogP contribution in [-0.2, 0) is 11.0 Å². The van der Waals surface area contributed by atoms with Gasteiger partial charge in [0.25, 0.3) is 5.91 Å². The lowest BCUT2D eigenvalue weighted by molar-refractivity contribution is -0.159. The maximum Gasteiger partial charge on any atom is 0.471 e. The molecule has 0 spiro atoms. The van der Waals surface area contributed by atoms with Gasteiger partial charge >= 0.3 is 18.0 Å². The molecule has 0 aliphatic heterocycles. The first-order valence-corrected chi connectivity index (χ1v) is 8.29. The van der Waals surface area contributed by atoms with E-state index < -0.39 is 18.0 Å². The van der Waals surface area contributed by atoms with E-state index in [2.05, 4.69) is 20.0 Å². The molecule has 7 nitrogen and oxygen atoms in total. The minimum absolute atomic E-state index is 0.0978. The van der Waals surface area contributed by atoms with Crippen LogP contribution in [-0.4, -0.2) is 33.2 Å². The van der Waals surface area contributed by atoms with Crippen molar-refractivity contribution in [3.8, 4) is 11.4 Å². The number of rotatable bonds is 4. The maximum absolute atomic E-state index is 12.5. The first-order chi connectivity index (χ1) is 12.7. The number of carboxylic acids is 1. The molecule has 2 N–H and O–H groups in total. The van der Waals surface area contributed by atoms with Crippen molar-refractivity contribution in [2.45, 2.75) is 37.9 Å². The van der Waals surface area contributed by atoms with Gasteiger partial charge in [-0.1, -0.05) is 17.3 Å². The van der Waals surface area contributed by atoms with Gasteiger partial charge in [0.2, 0.25) is 5.82 Å². The van der Waals surface area contributed by atoms with E-state index in [0.29, 0.717) is 31.2 Å². The molecule has 1 aromatic carbocycles. The molecular formula is C17H16F3N3O4. The summed E-state index contributed by atoms with van der Waals surface area (Å²) >= 11 is 0. The van der Waals surface area contributed by atoms with Gasteiger partial charge in [-0.3, -0.25) is 9.59 Å². The summed E-state index contributed by atoms with van der Waals surface area (Å²) < 4.78 is 41.7. The number of hydrogen-bond donors (Lipinski definition) is 2. The fourth-order valence-corrected chi connectivity index (χ4v) is 2.98. The van der Waals surface area contributed by atoms with Crippen molar-refractivity contribution in [1.29, 1.82) is 0 Å². The molecule has 1 aliphatic carbocycles. The molecule has 0 bridgehead atoms. The van der Waals surface area contributed by atoms with E-state index in [1.54, 1.807) is 0 Å². The number of halogens is 3. The monoisotopic (exact) mass is 383 g/mol. The van der Waals surface area contributed by atoms with E-state index in [1.165, 1.54) is 24.3 Å². The first kappa shape index (κ1) is 18.9. The summed E-state index contributed by atoms with van der Waals surface area (Å²) in [5.41, 5.74) is 0.617. The maximum atomic E-state index is 12.5. The summed E-state index contributed by atoms with van der Waals surface area (Å²) in [5, 5.41) is 15.1. The Morgan fingerprint density at radius 1 is 1.11 bits per heavy atom. The third-order valence-corrected chi connectivity index (χ3v) is 4.49. The van der Waals surface area contributed by atoms with Crippen LogP contribution in [0.4, 0.5) is 13.2 Å². The minimum atomic E-state index is -4.72. The molecule has 0 unspecified atom stereocenters. The van der Waals surface area contributed by atoms with Gasteiger partial charge in [0.1, 0.15) is 0 Å². The number of carbonyl (C=O) groups excluding carboxylic acids is 1. The number of aliphatic carboxylic acids is 1. The molecule has 2 aromatic rings. The molecule has 27 heavy (non-hydrogen) atoms. The Morgan fingerprint density at radius 2 is 1.74 bits per heavy atom. The van der Waals surface area contributed by atoms with Crippen LogP contribution in [0.25, 0.3) is 11.4 Å². The van der Waals surface area contributed by atoms with Gasteiger partial charge in [0.05, 0.1) is 5.92 Å². The normalized spacial score (nSPS) is 20.3. The lowest BCUT2D eigenvalue weighted by Crippen LogP contribution is -2.38. The van der Waals surface area contributed by atoms with Gasteiger partial charge in [-0.2, -0.15) is 18.2 Å². The summed E-state index contributed by atoms with van der Waals surface area (Å²) in [6.07, 6.45) is -2.52. The Morgan fingerprint density at radius 3 is 2.26 bits per heavy atom. The van der Waals surface area contributed by atoms with Crippen LogP contribution in [0.3, 0.4) is 0 Å². The summed E-state index contributed by atoms with van der Waals surface area (Å²) in [6.45, 7) is 0. The second kappa shape index (κ2) is 7.37. The predicted octanol–water partition coefficient (Wildman–Crippen LogP) is 3.13. The lowest BCUT2D eigenvalue weighted by Gasteiger charge is -2.26. The Kier molecular flexibility index (Phi) is 5.15. The molecule has 1 saturated carbocycles. The number of aromatic nitrogens is 2. The van der Waals surface area contributed by atoms with Crippen molar-refractivity contribution < 1.29 is 32.4 Å². The zero-order valence-corrected chi connectivity index (χ0v) is 14.0. The number of nitrogens with zero attached hydrogens (tertiary/aromatic N) is 2. The van der Waals surface area contributed by atoms with Gasteiger partial charge in [-0.25, -0.2) is 0 Å². The zero-order chi connectivity index (χ0) is 19.6. The fourth-order valence-electron chi connectivity index (χ4n) is 2.98. The number of carbonyl (C=O) groups is 2. The van der Waals surface area contributed by atoms with Gasteiger partial charge in [-0.15, -0.1) is 0 Å². The molecule has 0 saturated heterocycles. The van der Waals surface area contributed by atoms with Crippen LogP contribution in [0.5, 0.6) is 0 Å². The third-order valence-electron chi connectivity index (χ3n) is 4.49. The standard InChI is InChI=1S/C17H16F3N3O4/c18-17(19,20)16-22-13(23-27-16)9-1-3-10(4-2-9)14(24)21-12-7-5-11(6-8-12)15(25)26/h1-4,11-12H,5-8H2,(H,21,24)(H,25,26). The van der Waals surface area contributed by atoms with Crippen LogP contribution in [0.2, 0.25) is 0 Å². The minimum Gasteiger partial charge on any atom is -0.481 e. The quantitative estimate of drug-likeness (QED) is 0.840. The average Bonchev–Trinajstić information content (AvgIpc) is 3.13. The van der Waals surface area contributed by atoms with Gasteiger partial charge in [0.15, 0.2) is 0 Å². The van der Waals surface area contributed by atoms with E-state index in [0.717, 1.165) is 0 Å². The Balaban J connectivity index is 1.61. The number of amides is 1. The number of hydrogen-bond acceptors (Lipinski definition) is 5. The van der Waals surface area contributed by atoms with Gasteiger partial charge < -0.3 is 14.9 Å². The molecule has 0 radical (unpaired) electrons. The number of benzene rings is 1. The van der Waals surface area contributed by atoms with Crippen molar-refractivity contribution in [2.24, 2.45) is 5.92 Å². The predicted molar refractivity (Wildman–Crippen MR) is 85.6 cm³/mol. The van der Waals surface area contributed by atoms with Crippen LogP contribution in [0, 0.1) is 5.92 Å². The molecule has 3 rings (SSSR count). The van der Waals surface area contributed by atoms with Crippen molar-refractivity contribution in [3.05, 3.63) is 35.7 Å². The highest BCUT2D eigenvalue weighted by atomic mass is 19.4. The highest BCUT2D eigenvalue weighted by molar-refractivity contribution is 5.94. The number of nitrogens with one attached hydrogen (secondary N) is 1. The van der Waals surface area contributed by atoms with E-state index in [-0.39, 0.29) is 29.3 Å². The molecule has 1 fully saturated rings. The molecule has 0 atom stereocenters. The van der Waals surface area contributed by atoms with Crippen LogP contribution >= 0.6 is 0 Å². The van der Waals surface area contributed by atoms with E-state index in [9.17, 15) is 22.8 Å². The molecule has 10 heteroatoms. The highest BCUT2D eigenvalue weighted by Gasteiger charge is 2.38. The SMILES string of the molecule is O=C(NC1CCC(C(=O)O)CC1)c1ccc(-c2noc(C(F)(F)F)n2)cc1. The summed E-state index contributed by atoms with van der Waals surface area (Å²) in [7, 11) is 0. The van der Waals surface area contributed by atoms with Crippen molar-refractivity contribution in [2.75, 3.05) is 0 Å². The summed E-state index contributed by atoms with van der Waals surface area (Å²) in [4.78, 5) is 26.5. The highest BCUT2D eigenvalue weighted by Crippen LogP contribution is 2.29. The average molecular weight is 383 g/mol. The molecule has 1 amide bonds. The Hall–Kier alpha value is -2.91. The molecular weight excluding hydrogens is 367 g/mol. The summed E-state index contributed by atoms with van der Waals surface area (Å²) in [6, 6.07) is 5.68. The zero-order valence-electron chi connectivity index (χ0n) is 14.0. The molecule has 144 valence electrons.